The van der Waals surface area contributed by atoms with Gasteiger partial charge in [0.05, 0.1) is 15.5 Å². The van der Waals surface area contributed by atoms with Crippen molar-refractivity contribution < 1.29 is 18.4 Å². The lowest BCUT2D eigenvalue weighted by molar-refractivity contribution is -0.384. The van der Waals surface area contributed by atoms with Gasteiger partial charge >= 0.3 is 0 Å². The number of sulfonamides is 1. The number of nitrogens with zero attached hydrogens (tertiary/aromatic N) is 1. The summed E-state index contributed by atoms with van der Waals surface area (Å²) in [6.45, 7) is 1.31. The standard InChI is InChI=1S/C11H15ClN2O5S2/c1-11(15,7-20-2)6-13-21(18,19)10-4-3-8(14(16)17)5-9(10)12/h3-5,13,15H,6-7H2,1-2H3. The molecule has 0 aliphatic heterocycles. The fourth-order valence-electron chi connectivity index (χ4n) is 1.51. The highest BCUT2D eigenvalue weighted by atomic mass is 35.5. The number of non-ortho nitro benzene ring substituents is 1. The molecule has 0 amide bonds. The molecule has 1 aromatic rings. The van der Waals surface area contributed by atoms with Crippen molar-refractivity contribution in [2.75, 3.05) is 18.6 Å². The molecule has 0 heterocycles. The summed E-state index contributed by atoms with van der Waals surface area (Å²) in [6, 6.07) is 3.09. The lowest BCUT2D eigenvalue weighted by Crippen LogP contribution is -2.42. The molecule has 1 unspecified atom stereocenters. The minimum atomic E-state index is -3.96. The van der Waals surface area contributed by atoms with E-state index in [-0.39, 0.29) is 22.2 Å². The number of hydrogen-bond acceptors (Lipinski definition) is 6. The fourth-order valence-corrected chi connectivity index (χ4v) is 3.93. The third-order valence-corrected chi connectivity index (χ3v) is 5.31. The maximum atomic E-state index is 12.1. The van der Waals surface area contributed by atoms with E-state index in [1.54, 1.807) is 6.26 Å². The summed E-state index contributed by atoms with van der Waals surface area (Å²) in [5.74, 6) is 0.351. The number of rotatable bonds is 7. The molecule has 10 heteroatoms. The Balaban J connectivity index is 2.96. The minimum Gasteiger partial charge on any atom is -0.388 e. The summed E-state index contributed by atoms with van der Waals surface area (Å²) in [4.78, 5) is 9.65. The molecule has 1 rings (SSSR count). The van der Waals surface area contributed by atoms with Crippen molar-refractivity contribution >= 4 is 39.1 Å². The second-order valence-electron chi connectivity index (χ2n) is 4.63. The van der Waals surface area contributed by atoms with Crippen molar-refractivity contribution in [3.8, 4) is 0 Å². The van der Waals surface area contributed by atoms with Crippen LogP contribution in [0, 0.1) is 10.1 Å². The predicted molar refractivity (Wildman–Crippen MR) is 82.3 cm³/mol. The number of benzene rings is 1. The molecule has 0 bridgehead atoms. The van der Waals surface area contributed by atoms with Crippen molar-refractivity contribution in [1.29, 1.82) is 0 Å². The normalized spacial score (nSPS) is 14.7. The van der Waals surface area contributed by atoms with Crippen molar-refractivity contribution in [2.45, 2.75) is 17.4 Å². The van der Waals surface area contributed by atoms with Gasteiger partial charge in [0.2, 0.25) is 10.0 Å². The number of aliphatic hydroxyl groups is 1. The second kappa shape index (κ2) is 6.93. The molecular weight excluding hydrogens is 340 g/mol. The van der Waals surface area contributed by atoms with Crippen LogP contribution < -0.4 is 4.72 Å². The predicted octanol–water partition coefficient (Wildman–Crippen LogP) is 1.64. The third kappa shape index (κ3) is 5.11. The Morgan fingerprint density at radius 2 is 2.14 bits per heavy atom. The highest BCUT2D eigenvalue weighted by molar-refractivity contribution is 7.98. The van der Waals surface area contributed by atoms with Crippen molar-refractivity contribution in [3.05, 3.63) is 33.3 Å². The van der Waals surface area contributed by atoms with Gasteiger partial charge in [0.25, 0.3) is 5.69 Å². The van der Waals surface area contributed by atoms with Gasteiger partial charge in [-0.05, 0) is 19.2 Å². The van der Waals surface area contributed by atoms with E-state index in [2.05, 4.69) is 4.72 Å². The first-order chi connectivity index (χ1) is 9.59. The van der Waals surface area contributed by atoms with E-state index in [9.17, 15) is 23.6 Å². The zero-order chi connectivity index (χ0) is 16.3. The van der Waals surface area contributed by atoms with E-state index in [1.807, 2.05) is 0 Å². The zero-order valence-electron chi connectivity index (χ0n) is 11.4. The number of nitro benzene ring substituents is 1. The van der Waals surface area contributed by atoms with E-state index < -0.39 is 20.5 Å². The van der Waals surface area contributed by atoms with Gasteiger partial charge in [0, 0.05) is 24.4 Å². The van der Waals surface area contributed by atoms with Gasteiger partial charge in [-0.25, -0.2) is 13.1 Å². The van der Waals surface area contributed by atoms with Gasteiger partial charge < -0.3 is 5.11 Å². The van der Waals surface area contributed by atoms with Gasteiger partial charge in [0.1, 0.15) is 4.90 Å². The van der Waals surface area contributed by atoms with Crippen LogP contribution in [0.25, 0.3) is 0 Å². The van der Waals surface area contributed by atoms with Crippen LogP contribution in [0.2, 0.25) is 5.02 Å². The summed E-state index contributed by atoms with van der Waals surface area (Å²) in [5, 5.41) is 20.3. The average Bonchev–Trinajstić information content (AvgIpc) is 2.36. The number of hydrogen-bond donors (Lipinski definition) is 2. The van der Waals surface area contributed by atoms with Gasteiger partial charge in [-0.3, -0.25) is 10.1 Å². The molecule has 118 valence electrons. The molecule has 0 aliphatic rings. The fraction of sp³-hybridized carbons (Fsp3) is 0.455. The first-order valence-electron chi connectivity index (χ1n) is 5.74. The first kappa shape index (κ1) is 18.2. The highest BCUT2D eigenvalue weighted by Crippen LogP contribution is 2.26. The van der Waals surface area contributed by atoms with Crippen molar-refractivity contribution in [2.24, 2.45) is 0 Å². The quantitative estimate of drug-likeness (QED) is 0.569. The van der Waals surface area contributed by atoms with Gasteiger partial charge in [-0.1, -0.05) is 11.6 Å². The Morgan fingerprint density at radius 1 is 1.52 bits per heavy atom. The summed E-state index contributed by atoms with van der Waals surface area (Å²) >= 11 is 7.16. The molecule has 0 aliphatic carbocycles. The molecule has 21 heavy (non-hydrogen) atoms. The molecule has 0 radical (unpaired) electrons. The largest absolute Gasteiger partial charge is 0.388 e. The Morgan fingerprint density at radius 3 is 2.62 bits per heavy atom. The van der Waals surface area contributed by atoms with Gasteiger partial charge in [-0.15, -0.1) is 0 Å². The van der Waals surface area contributed by atoms with Crippen LogP contribution in [0.15, 0.2) is 23.1 Å². The molecule has 1 atom stereocenters. The molecule has 7 nitrogen and oxygen atoms in total. The van der Waals surface area contributed by atoms with E-state index in [4.69, 9.17) is 11.6 Å². The molecule has 0 spiro atoms. The van der Waals surface area contributed by atoms with Crippen molar-refractivity contribution in [3.63, 3.8) is 0 Å². The maximum absolute atomic E-state index is 12.1. The monoisotopic (exact) mass is 354 g/mol. The first-order valence-corrected chi connectivity index (χ1v) is 8.99. The smallest absolute Gasteiger partial charge is 0.271 e. The Labute approximate surface area is 131 Å². The molecule has 0 fully saturated rings. The topological polar surface area (TPSA) is 110 Å². The Bertz CT molecular complexity index is 634. The van der Waals surface area contributed by atoms with E-state index >= 15 is 0 Å². The van der Waals surface area contributed by atoms with Crippen LogP contribution in [-0.4, -0.2) is 42.6 Å². The van der Waals surface area contributed by atoms with Crippen LogP contribution in [0.4, 0.5) is 5.69 Å². The lowest BCUT2D eigenvalue weighted by atomic mass is 10.1. The minimum absolute atomic E-state index is 0.191. The maximum Gasteiger partial charge on any atom is 0.271 e. The summed E-state index contributed by atoms with van der Waals surface area (Å²) in [7, 11) is -3.96. The van der Waals surface area contributed by atoms with Crippen LogP contribution in [-0.2, 0) is 10.0 Å². The Hall–Kier alpha value is -0.870. The van der Waals surface area contributed by atoms with Crippen LogP contribution in [0.5, 0.6) is 0 Å². The number of nitro groups is 1. The average molecular weight is 355 g/mol. The molecule has 0 aromatic heterocycles. The van der Waals surface area contributed by atoms with E-state index in [1.165, 1.54) is 18.7 Å². The molecular formula is C11H15ClN2O5S2. The summed E-state index contributed by atoms with van der Waals surface area (Å²) < 4.78 is 26.4. The molecule has 2 N–H and O–H groups in total. The third-order valence-electron chi connectivity index (χ3n) is 2.51. The second-order valence-corrected chi connectivity index (χ2v) is 7.63. The highest BCUT2D eigenvalue weighted by Gasteiger charge is 2.25. The summed E-state index contributed by atoms with van der Waals surface area (Å²) in [6.07, 6.45) is 1.79. The SMILES string of the molecule is CSCC(C)(O)CNS(=O)(=O)c1ccc([N+](=O)[O-])cc1Cl. The molecule has 0 saturated carbocycles. The van der Waals surface area contributed by atoms with E-state index in [0.717, 1.165) is 18.2 Å². The van der Waals surface area contributed by atoms with Crippen LogP contribution >= 0.6 is 23.4 Å². The molecule has 1 aromatic carbocycles. The lowest BCUT2D eigenvalue weighted by Gasteiger charge is -2.22. The number of halogens is 1. The number of thioether (sulfide) groups is 1. The zero-order valence-corrected chi connectivity index (χ0v) is 13.8. The van der Waals surface area contributed by atoms with Crippen molar-refractivity contribution in [1.82, 2.24) is 4.72 Å². The van der Waals surface area contributed by atoms with Gasteiger partial charge in [-0.2, -0.15) is 11.8 Å². The number of nitrogens with one attached hydrogen (secondary N) is 1. The molecule has 0 saturated heterocycles. The van der Waals surface area contributed by atoms with Gasteiger partial charge in [0.15, 0.2) is 0 Å². The Kier molecular flexibility index (Phi) is 6.00. The summed E-state index contributed by atoms with van der Waals surface area (Å²) in [5.41, 5.74) is -1.51. The van der Waals surface area contributed by atoms with Crippen LogP contribution in [0.1, 0.15) is 6.92 Å². The van der Waals surface area contributed by atoms with E-state index in [0.29, 0.717) is 5.75 Å². The van der Waals surface area contributed by atoms with Crippen LogP contribution in [0.3, 0.4) is 0 Å².